The van der Waals surface area contributed by atoms with Crippen LogP contribution in [-0.4, -0.2) is 53.6 Å². The average Bonchev–Trinajstić information content (AvgIpc) is 2.28. The largest absolute Gasteiger partial charge is 0.441 e. The van der Waals surface area contributed by atoms with Gasteiger partial charge in [0.1, 0.15) is 0 Å². The van der Waals surface area contributed by atoms with Crippen molar-refractivity contribution in [2.75, 3.05) is 26.9 Å². The normalized spacial score (nSPS) is 16.6. The molecule has 128 valence electrons. The molecule has 0 aromatic heterocycles. The van der Waals surface area contributed by atoms with E-state index in [1.807, 2.05) is 0 Å². The molecule has 1 unspecified atom stereocenters. The van der Waals surface area contributed by atoms with Gasteiger partial charge in [-0.05, 0) is 43.7 Å². The molecule has 21 heavy (non-hydrogen) atoms. The third-order valence-electron chi connectivity index (χ3n) is 2.68. The van der Waals surface area contributed by atoms with E-state index < -0.39 is 26.6 Å². The summed E-state index contributed by atoms with van der Waals surface area (Å²) in [7, 11) is -2.50. The zero-order chi connectivity index (χ0) is 16.6. The van der Waals surface area contributed by atoms with Crippen molar-refractivity contribution in [3.05, 3.63) is 0 Å². The van der Waals surface area contributed by atoms with E-state index in [1.165, 1.54) is 0 Å². The molecule has 0 fully saturated rings. The monoisotopic (exact) mass is 352 g/mol. The lowest BCUT2D eigenvalue weighted by molar-refractivity contribution is 0.0704. The molecule has 7 heteroatoms. The van der Waals surface area contributed by atoms with Crippen LogP contribution in [0.15, 0.2) is 0 Å². The summed E-state index contributed by atoms with van der Waals surface area (Å²) in [5.74, 6) is 0. The Labute approximate surface area is 136 Å². The van der Waals surface area contributed by atoms with Gasteiger partial charge in [-0.25, -0.2) is 0 Å². The second kappa shape index (κ2) is 9.59. The Morgan fingerprint density at radius 3 is 2.05 bits per heavy atom. The van der Waals surface area contributed by atoms with Crippen LogP contribution in [0.1, 0.15) is 27.2 Å². The maximum atomic E-state index is 6.46. The van der Waals surface area contributed by atoms with Crippen molar-refractivity contribution < 1.29 is 17.7 Å². The van der Waals surface area contributed by atoms with Gasteiger partial charge in [0.15, 0.2) is 18.1 Å². The Bertz CT molecular complexity index is 276. The van der Waals surface area contributed by atoms with Crippen molar-refractivity contribution in [2.45, 2.75) is 64.5 Å². The van der Waals surface area contributed by atoms with Crippen LogP contribution < -0.4 is 0 Å². The maximum Gasteiger partial charge on any atom is 0.314 e. The molecule has 0 N–H and O–H groups in total. The molecule has 0 aromatic rings. The molecule has 0 aliphatic rings. The topological polar surface area (TPSA) is 36.9 Å². The third-order valence-corrected chi connectivity index (χ3v) is 12.0. The van der Waals surface area contributed by atoms with Gasteiger partial charge < -0.3 is 17.7 Å². The summed E-state index contributed by atoms with van der Waals surface area (Å²) in [6, 6.07) is 1.02. The number of methoxy groups -OCH3 is 1. The summed E-state index contributed by atoms with van der Waals surface area (Å²) in [6.07, 6.45) is 1.01. The molecule has 0 aromatic carbocycles. The van der Waals surface area contributed by atoms with Crippen LogP contribution in [0, 0.1) is 0 Å². The number of rotatable bonds is 11. The summed E-state index contributed by atoms with van der Waals surface area (Å²) in [4.78, 5) is 0. The molecule has 0 aliphatic heterocycles. The zero-order valence-corrected chi connectivity index (χ0v) is 18.8. The summed E-state index contributed by atoms with van der Waals surface area (Å²) < 4.78 is 23.4. The molecule has 0 saturated carbocycles. The highest BCUT2D eigenvalue weighted by Crippen LogP contribution is 2.26. The Hall–Kier alpha value is 0.491. The van der Waals surface area contributed by atoms with E-state index in [0.29, 0.717) is 18.3 Å². The van der Waals surface area contributed by atoms with Crippen molar-refractivity contribution in [1.82, 2.24) is 0 Å². The molecule has 0 amide bonds. The fraction of sp³-hybridized carbons (Fsp3) is 1.00. The average molecular weight is 353 g/mol. The summed E-state index contributed by atoms with van der Waals surface area (Å²) in [5.41, 5.74) is 0. The Balaban J connectivity index is 4.31. The van der Waals surface area contributed by atoms with Gasteiger partial charge in [0.05, 0.1) is 13.2 Å². The predicted octanol–water partition coefficient (Wildman–Crippen LogP) is 3.28. The lowest BCUT2D eigenvalue weighted by Gasteiger charge is -2.36. The number of hydrogen-bond acceptors (Lipinski definition) is 4. The molecule has 4 nitrogen and oxygen atoms in total. The van der Waals surface area contributed by atoms with Crippen LogP contribution in [0.25, 0.3) is 0 Å². The van der Waals surface area contributed by atoms with Gasteiger partial charge >= 0.3 is 8.56 Å². The van der Waals surface area contributed by atoms with Crippen LogP contribution in [0.4, 0.5) is 0 Å². The molecule has 0 rings (SSSR count). The first-order valence-electron chi connectivity index (χ1n) is 7.88. The molecular weight excluding hydrogens is 316 g/mol. The molecule has 0 aliphatic carbocycles. The Morgan fingerprint density at radius 2 is 1.57 bits per heavy atom. The lowest BCUT2D eigenvalue weighted by Crippen LogP contribution is -2.49. The fourth-order valence-corrected chi connectivity index (χ4v) is 12.6. The zero-order valence-electron chi connectivity index (χ0n) is 15.4. The minimum Gasteiger partial charge on any atom is -0.441 e. The summed E-state index contributed by atoms with van der Waals surface area (Å²) in [6.45, 7) is 17.8. The number of ether oxygens (including phenoxy) is 2. The standard InChI is InChI=1S/C14H36O4Si3/c1-14(2,3)19-17-21(8,18-20(5,6)7)13-9-10-16-12-11-15-4/h9-13,19H2,1-8H3. The highest BCUT2D eigenvalue weighted by atomic mass is 28.5. The molecule has 0 saturated heterocycles. The minimum absolute atomic E-state index is 0.312. The summed E-state index contributed by atoms with van der Waals surface area (Å²) in [5, 5.41) is 0.312. The van der Waals surface area contributed by atoms with Gasteiger partial charge in [0, 0.05) is 13.7 Å². The van der Waals surface area contributed by atoms with Crippen molar-refractivity contribution in [3.63, 3.8) is 0 Å². The molecular formula is C14H36O4Si3. The van der Waals surface area contributed by atoms with Gasteiger partial charge in [0.25, 0.3) is 0 Å². The minimum atomic E-state index is -2.05. The first-order chi connectivity index (χ1) is 9.47. The van der Waals surface area contributed by atoms with Gasteiger partial charge in [-0.2, -0.15) is 0 Å². The van der Waals surface area contributed by atoms with E-state index in [4.69, 9.17) is 17.7 Å². The van der Waals surface area contributed by atoms with Crippen molar-refractivity contribution in [2.24, 2.45) is 0 Å². The van der Waals surface area contributed by atoms with Crippen molar-refractivity contribution in [1.29, 1.82) is 0 Å². The second-order valence-corrected chi connectivity index (χ2v) is 19.3. The quantitative estimate of drug-likeness (QED) is 0.422. The predicted molar refractivity (Wildman–Crippen MR) is 97.5 cm³/mol. The summed E-state index contributed by atoms with van der Waals surface area (Å²) >= 11 is 0. The first-order valence-corrected chi connectivity index (χ1v) is 15.1. The van der Waals surface area contributed by atoms with Crippen LogP contribution >= 0.6 is 0 Å². The molecule has 0 bridgehead atoms. The van der Waals surface area contributed by atoms with Crippen LogP contribution in [0.3, 0.4) is 0 Å². The molecule has 0 radical (unpaired) electrons. The maximum absolute atomic E-state index is 6.46. The van der Waals surface area contributed by atoms with E-state index in [1.54, 1.807) is 7.11 Å². The Kier molecular flexibility index (Phi) is 9.81. The van der Waals surface area contributed by atoms with Crippen molar-refractivity contribution in [3.8, 4) is 0 Å². The van der Waals surface area contributed by atoms with Gasteiger partial charge in [-0.15, -0.1) is 0 Å². The second-order valence-electron chi connectivity index (χ2n) is 7.91. The van der Waals surface area contributed by atoms with E-state index in [9.17, 15) is 0 Å². The molecule has 0 heterocycles. The smallest absolute Gasteiger partial charge is 0.314 e. The molecule has 1 atom stereocenters. The van der Waals surface area contributed by atoms with Gasteiger partial charge in [0.2, 0.25) is 0 Å². The van der Waals surface area contributed by atoms with Crippen LogP contribution in [-0.2, 0) is 17.7 Å². The number of hydrogen-bond donors (Lipinski definition) is 0. The van der Waals surface area contributed by atoms with E-state index >= 15 is 0 Å². The highest BCUT2D eigenvalue weighted by Gasteiger charge is 2.36. The first kappa shape index (κ1) is 21.5. The van der Waals surface area contributed by atoms with Crippen molar-refractivity contribution >= 4 is 26.6 Å². The van der Waals surface area contributed by atoms with Crippen LogP contribution in [0.5, 0.6) is 0 Å². The van der Waals surface area contributed by atoms with E-state index in [2.05, 4.69) is 47.0 Å². The fourth-order valence-electron chi connectivity index (χ4n) is 1.91. The van der Waals surface area contributed by atoms with Gasteiger partial charge in [-0.1, -0.05) is 20.8 Å². The molecule has 0 spiro atoms. The SMILES string of the molecule is COCCOCCC[Si](C)(O[SiH2]C(C)(C)C)O[Si](C)(C)C. The van der Waals surface area contributed by atoms with Gasteiger partial charge in [-0.3, -0.25) is 0 Å². The Morgan fingerprint density at radius 1 is 0.952 bits per heavy atom. The highest BCUT2D eigenvalue weighted by molar-refractivity contribution is 6.83. The third kappa shape index (κ3) is 13.9. The van der Waals surface area contributed by atoms with E-state index in [-0.39, 0.29) is 0 Å². The van der Waals surface area contributed by atoms with Crippen LogP contribution in [0.2, 0.25) is 37.3 Å². The lowest BCUT2D eigenvalue weighted by atomic mass is 10.3. The van der Waals surface area contributed by atoms with E-state index in [0.717, 1.165) is 19.1 Å².